The molecule has 3 atom stereocenters. The first-order chi connectivity index (χ1) is 12.1. The molecule has 0 aliphatic rings. The molecule has 156 valence electrons. The molecule has 0 rings (SSSR count). The average Bonchev–Trinajstić information content (AvgIpc) is 2.45. The minimum atomic E-state index is -5.33. The molecule has 0 saturated carbocycles. The molecule has 15 heteroatoms. The number of phosphoric acid groups is 1. The van der Waals surface area contributed by atoms with E-state index < -0.39 is 82.6 Å². The van der Waals surface area contributed by atoms with Crippen molar-refractivity contribution < 1.29 is 57.7 Å². The van der Waals surface area contributed by atoms with E-state index >= 15 is 0 Å². The van der Waals surface area contributed by atoms with Crippen molar-refractivity contribution in [3.8, 4) is 0 Å². The third kappa shape index (κ3) is 11.5. The molecule has 0 aromatic rings. The predicted molar refractivity (Wildman–Crippen MR) is 88.3 cm³/mol. The maximum absolute atomic E-state index is 12.8. The lowest BCUT2D eigenvalue weighted by Gasteiger charge is -2.23. The molecule has 0 heterocycles. The van der Waals surface area contributed by atoms with Gasteiger partial charge in [0.05, 0.1) is 5.92 Å². The molecule has 0 aliphatic heterocycles. The highest BCUT2D eigenvalue weighted by molar-refractivity contribution is 7.67. The number of aliphatic carboxylic acids is 3. The van der Waals surface area contributed by atoms with Crippen LogP contribution >= 0.6 is 15.2 Å². The Kier molecular flexibility index (Phi) is 9.83. The number of hydrogen-bond acceptors (Lipinski definition) is 7. The highest BCUT2D eigenvalue weighted by Gasteiger charge is 2.38. The lowest BCUT2D eigenvalue weighted by Crippen LogP contribution is -2.40. The number of hydrogen-bond donors (Lipinski definition) is 6. The minimum absolute atomic E-state index is 0.479. The van der Waals surface area contributed by atoms with Crippen LogP contribution in [0.25, 0.3) is 0 Å². The van der Waals surface area contributed by atoms with Crippen molar-refractivity contribution in [2.75, 3.05) is 12.3 Å². The molecule has 0 radical (unpaired) electrons. The van der Waals surface area contributed by atoms with Crippen LogP contribution in [0.1, 0.15) is 26.2 Å². The maximum Gasteiger partial charge on any atom is 0.475 e. The van der Waals surface area contributed by atoms with Crippen molar-refractivity contribution in [2.45, 2.75) is 32.2 Å². The Bertz CT molecular complexity index is 671. The van der Waals surface area contributed by atoms with Crippen molar-refractivity contribution >= 4 is 39.0 Å². The fourth-order valence-corrected chi connectivity index (χ4v) is 6.10. The molecular formula is C12H21NO12P2. The van der Waals surface area contributed by atoms with Crippen molar-refractivity contribution in [2.24, 2.45) is 5.92 Å². The zero-order chi connectivity index (χ0) is 21.4. The van der Waals surface area contributed by atoms with E-state index in [1.165, 1.54) is 0 Å². The van der Waals surface area contributed by atoms with Crippen LogP contribution in [0, 0.1) is 5.92 Å². The summed E-state index contributed by atoms with van der Waals surface area (Å²) in [6, 6.07) is -1.54. The van der Waals surface area contributed by atoms with Gasteiger partial charge in [0.25, 0.3) is 0 Å². The molecule has 0 aromatic carbocycles. The smallest absolute Gasteiger partial charge is 0.475 e. The Labute approximate surface area is 153 Å². The summed E-state index contributed by atoms with van der Waals surface area (Å²) in [6.45, 7) is 1.02. The molecular weight excluding hydrogens is 412 g/mol. The first kappa shape index (κ1) is 25.2. The molecule has 6 N–H and O–H groups in total. The molecule has 0 aromatic heterocycles. The monoisotopic (exact) mass is 433 g/mol. The van der Waals surface area contributed by atoms with Crippen LogP contribution in [0.5, 0.6) is 0 Å². The normalized spacial score (nSPS) is 16.0. The van der Waals surface area contributed by atoms with Gasteiger partial charge in [0.2, 0.25) is 13.3 Å². The second-order valence-electron chi connectivity index (χ2n) is 5.64. The number of carboxylic acids is 3. The van der Waals surface area contributed by atoms with Gasteiger partial charge < -0.3 is 30.4 Å². The van der Waals surface area contributed by atoms with E-state index in [1.54, 1.807) is 0 Å². The lowest BCUT2D eigenvalue weighted by molar-refractivity contribution is -0.143. The topological polar surface area (TPSA) is 225 Å². The molecule has 0 saturated heterocycles. The molecule has 27 heavy (non-hydrogen) atoms. The number of amides is 1. The Morgan fingerprint density at radius 3 is 1.93 bits per heavy atom. The maximum atomic E-state index is 12.8. The summed E-state index contributed by atoms with van der Waals surface area (Å²) in [6.07, 6.45) is -3.31. The van der Waals surface area contributed by atoms with Crippen molar-refractivity contribution in [3.05, 3.63) is 0 Å². The SMILES string of the molecule is CC(=O)N[C@H](CC[P@@](=O)(C[C@@H](CCC(=O)O)C(=O)O)OP(=O)(O)O)C(=O)O. The van der Waals surface area contributed by atoms with Gasteiger partial charge in [-0.15, -0.1) is 0 Å². The number of carboxylic acid groups (broad SMARTS) is 3. The largest absolute Gasteiger partial charge is 0.481 e. The molecule has 13 nitrogen and oxygen atoms in total. The van der Waals surface area contributed by atoms with Gasteiger partial charge in [0.15, 0.2) is 0 Å². The second kappa shape index (κ2) is 10.5. The van der Waals surface area contributed by atoms with Crippen molar-refractivity contribution in [1.29, 1.82) is 0 Å². The summed E-state index contributed by atoms with van der Waals surface area (Å²) in [7, 11) is -9.73. The van der Waals surface area contributed by atoms with Gasteiger partial charge in [0, 0.05) is 25.7 Å². The van der Waals surface area contributed by atoms with Crippen molar-refractivity contribution in [1.82, 2.24) is 5.32 Å². The average molecular weight is 433 g/mol. The lowest BCUT2D eigenvalue weighted by atomic mass is 10.1. The fraction of sp³-hybridized carbons (Fsp3) is 0.667. The van der Waals surface area contributed by atoms with Gasteiger partial charge in [-0.2, -0.15) is 0 Å². The second-order valence-corrected chi connectivity index (χ2v) is 9.72. The van der Waals surface area contributed by atoms with Crippen molar-refractivity contribution in [3.63, 3.8) is 0 Å². The van der Waals surface area contributed by atoms with E-state index in [2.05, 4.69) is 4.31 Å². The highest BCUT2D eigenvalue weighted by Crippen LogP contribution is 2.61. The van der Waals surface area contributed by atoms with Crippen LogP contribution in [0.4, 0.5) is 0 Å². The van der Waals surface area contributed by atoms with Gasteiger partial charge in [-0.1, -0.05) is 0 Å². The molecule has 0 aliphatic carbocycles. The van der Waals surface area contributed by atoms with Gasteiger partial charge >= 0.3 is 25.7 Å². The van der Waals surface area contributed by atoms with Gasteiger partial charge in [0.1, 0.15) is 6.04 Å². The Hall–Kier alpha value is -1.78. The van der Waals surface area contributed by atoms with Crippen LogP contribution in [0.2, 0.25) is 0 Å². The third-order valence-corrected chi connectivity index (χ3v) is 7.22. The van der Waals surface area contributed by atoms with E-state index in [-0.39, 0.29) is 0 Å². The number of carbonyl (C=O) groups excluding carboxylic acids is 1. The van der Waals surface area contributed by atoms with E-state index in [0.29, 0.717) is 0 Å². The third-order valence-electron chi connectivity index (χ3n) is 3.24. The van der Waals surface area contributed by atoms with Gasteiger partial charge in [-0.3, -0.25) is 18.9 Å². The van der Waals surface area contributed by atoms with E-state index in [0.717, 1.165) is 6.92 Å². The first-order valence-corrected chi connectivity index (χ1v) is 11.0. The standard InChI is InChI=1S/C12H21NO12P2/c1-7(14)13-9(12(19)20)4-5-26(21,25-27(22,23)24)6-8(11(17)18)2-3-10(15)16/h8-9H,2-6H2,1H3,(H,13,14)(H,15,16)(H,17,18)(H,19,20)(H2,22,23,24)/t8-,9-,26+/m1/s1. The number of carbonyl (C=O) groups is 4. The zero-order valence-electron chi connectivity index (χ0n) is 14.2. The summed E-state index contributed by atoms with van der Waals surface area (Å²) in [4.78, 5) is 61.8. The van der Waals surface area contributed by atoms with Gasteiger partial charge in [-0.25, -0.2) is 13.7 Å². The molecule has 0 bridgehead atoms. The summed E-state index contributed by atoms with van der Waals surface area (Å²) in [5.74, 6) is -6.67. The van der Waals surface area contributed by atoms with Crippen LogP contribution in [-0.4, -0.2) is 67.3 Å². The van der Waals surface area contributed by atoms with Crippen LogP contribution in [-0.2, 0) is 32.6 Å². The molecule has 0 fully saturated rings. The van der Waals surface area contributed by atoms with E-state index in [9.17, 15) is 28.3 Å². The van der Waals surface area contributed by atoms with E-state index in [1.807, 2.05) is 5.32 Å². The van der Waals surface area contributed by atoms with Gasteiger partial charge in [-0.05, 0) is 12.8 Å². The number of rotatable bonds is 13. The molecule has 0 spiro atoms. The molecule has 0 unspecified atom stereocenters. The minimum Gasteiger partial charge on any atom is -0.481 e. The Morgan fingerprint density at radius 1 is 1.00 bits per heavy atom. The number of nitrogens with one attached hydrogen (secondary N) is 1. The van der Waals surface area contributed by atoms with Crippen LogP contribution in [0.15, 0.2) is 0 Å². The zero-order valence-corrected chi connectivity index (χ0v) is 16.0. The summed E-state index contributed by atoms with van der Waals surface area (Å²) < 4.78 is 28.1. The first-order valence-electron chi connectivity index (χ1n) is 7.44. The van der Waals surface area contributed by atoms with Crippen LogP contribution < -0.4 is 5.32 Å². The summed E-state index contributed by atoms with van der Waals surface area (Å²) >= 11 is 0. The Balaban J connectivity index is 5.44. The summed E-state index contributed by atoms with van der Waals surface area (Å²) in [5, 5.41) is 28.8. The highest BCUT2D eigenvalue weighted by atomic mass is 31.3. The quantitative estimate of drug-likeness (QED) is 0.210. The molecule has 1 amide bonds. The van der Waals surface area contributed by atoms with E-state index in [4.69, 9.17) is 25.1 Å². The Morgan fingerprint density at radius 2 is 1.56 bits per heavy atom. The fourth-order valence-electron chi connectivity index (χ4n) is 2.11. The summed E-state index contributed by atoms with van der Waals surface area (Å²) in [5.41, 5.74) is 0. The predicted octanol–water partition coefficient (Wildman–Crippen LogP) is -0.0812. The van der Waals surface area contributed by atoms with Crippen LogP contribution in [0.3, 0.4) is 0 Å².